The zero-order valence-corrected chi connectivity index (χ0v) is 9.19. The van der Waals surface area contributed by atoms with E-state index in [1.807, 2.05) is 6.92 Å². The summed E-state index contributed by atoms with van der Waals surface area (Å²) >= 11 is 0. The van der Waals surface area contributed by atoms with Crippen molar-refractivity contribution in [1.82, 2.24) is 5.32 Å². The minimum Gasteiger partial charge on any atom is -0.314 e. The lowest BCUT2D eigenvalue weighted by Gasteiger charge is -2.15. The molecule has 1 rings (SSSR count). The maximum atomic E-state index is 12.9. The molecule has 84 valence electrons. The molecule has 1 N–H and O–H groups in total. The molecule has 0 spiro atoms. The van der Waals surface area contributed by atoms with Crippen LogP contribution < -0.4 is 5.32 Å². The maximum absolute atomic E-state index is 12.9. The van der Waals surface area contributed by atoms with Crippen LogP contribution in [0.15, 0.2) is 18.2 Å². The second-order valence-electron chi connectivity index (χ2n) is 3.62. The van der Waals surface area contributed by atoms with E-state index >= 15 is 0 Å². The molecule has 1 unspecified atom stereocenters. The number of hydrogen-bond donors (Lipinski definition) is 1. The van der Waals surface area contributed by atoms with Gasteiger partial charge in [-0.1, -0.05) is 19.9 Å². The summed E-state index contributed by atoms with van der Waals surface area (Å²) in [6, 6.07) is 4.43. The number of halogens is 2. The molecule has 0 aliphatic rings. The number of benzene rings is 1. The molecule has 0 saturated heterocycles. The third-order valence-electron chi connectivity index (χ3n) is 2.45. The van der Waals surface area contributed by atoms with Gasteiger partial charge in [0.1, 0.15) is 0 Å². The van der Waals surface area contributed by atoms with Gasteiger partial charge in [-0.2, -0.15) is 0 Å². The van der Waals surface area contributed by atoms with Crippen LogP contribution in [-0.4, -0.2) is 12.6 Å². The Morgan fingerprint density at radius 1 is 1.20 bits per heavy atom. The van der Waals surface area contributed by atoms with Crippen molar-refractivity contribution in [2.75, 3.05) is 6.54 Å². The van der Waals surface area contributed by atoms with Crippen LogP contribution in [0.25, 0.3) is 0 Å². The van der Waals surface area contributed by atoms with E-state index in [4.69, 9.17) is 0 Å². The molecule has 1 atom stereocenters. The lowest BCUT2D eigenvalue weighted by molar-refractivity contribution is 0.494. The number of rotatable bonds is 5. The Hall–Kier alpha value is -0.960. The zero-order valence-electron chi connectivity index (χ0n) is 9.19. The monoisotopic (exact) mass is 213 g/mol. The standard InChI is InChI=1S/C12H17F2N/c1-3-10(15-4-2)7-9-5-6-11(13)12(14)8-9/h5-6,8,10,15H,3-4,7H2,1-2H3. The summed E-state index contributed by atoms with van der Waals surface area (Å²) in [5, 5.41) is 3.30. The highest BCUT2D eigenvalue weighted by Gasteiger charge is 2.08. The summed E-state index contributed by atoms with van der Waals surface area (Å²) < 4.78 is 25.6. The predicted octanol–water partition coefficient (Wildman–Crippen LogP) is 2.90. The van der Waals surface area contributed by atoms with Gasteiger partial charge in [0.15, 0.2) is 11.6 Å². The van der Waals surface area contributed by atoms with E-state index in [1.165, 1.54) is 12.1 Å². The minimum absolute atomic E-state index is 0.333. The first-order valence-electron chi connectivity index (χ1n) is 5.34. The van der Waals surface area contributed by atoms with Gasteiger partial charge in [0, 0.05) is 6.04 Å². The van der Waals surface area contributed by atoms with Crippen molar-refractivity contribution >= 4 is 0 Å². The first-order valence-corrected chi connectivity index (χ1v) is 5.34. The second-order valence-corrected chi connectivity index (χ2v) is 3.62. The predicted molar refractivity (Wildman–Crippen MR) is 57.8 cm³/mol. The third-order valence-corrected chi connectivity index (χ3v) is 2.45. The van der Waals surface area contributed by atoms with Gasteiger partial charge in [-0.25, -0.2) is 8.78 Å². The zero-order chi connectivity index (χ0) is 11.3. The number of hydrogen-bond acceptors (Lipinski definition) is 1. The molecule has 3 heteroatoms. The van der Waals surface area contributed by atoms with E-state index in [0.717, 1.165) is 24.9 Å². The van der Waals surface area contributed by atoms with Gasteiger partial charge in [0.2, 0.25) is 0 Å². The molecular weight excluding hydrogens is 196 g/mol. The molecule has 0 radical (unpaired) electrons. The fourth-order valence-corrected chi connectivity index (χ4v) is 1.60. The molecule has 0 fully saturated rings. The maximum Gasteiger partial charge on any atom is 0.159 e. The Kier molecular flexibility index (Phi) is 4.69. The minimum atomic E-state index is -0.782. The van der Waals surface area contributed by atoms with Crippen molar-refractivity contribution in [3.8, 4) is 0 Å². The summed E-state index contributed by atoms with van der Waals surface area (Å²) in [4.78, 5) is 0. The highest BCUT2D eigenvalue weighted by molar-refractivity contribution is 5.18. The van der Waals surface area contributed by atoms with Crippen LogP contribution >= 0.6 is 0 Å². The molecule has 1 aromatic rings. The van der Waals surface area contributed by atoms with Crippen LogP contribution in [0.4, 0.5) is 8.78 Å². The normalized spacial score (nSPS) is 12.8. The Morgan fingerprint density at radius 2 is 1.93 bits per heavy atom. The smallest absolute Gasteiger partial charge is 0.159 e. The number of likely N-dealkylation sites (N-methyl/N-ethyl adjacent to an activating group) is 1. The Morgan fingerprint density at radius 3 is 2.47 bits per heavy atom. The first kappa shape index (κ1) is 12.1. The highest BCUT2D eigenvalue weighted by atomic mass is 19.2. The Bertz CT molecular complexity index is 312. The van der Waals surface area contributed by atoms with Gasteiger partial charge < -0.3 is 5.32 Å². The van der Waals surface area contributed by atoms with Crippen LogP contribution in [0.5, 0.6) is 0 Å². The van der Waals surface area contributed by atoms with Gasteiger partial charge in [-0.05, 0) is 37.1 Å². The largest absolute Gasteiger partial charge is 0.314 e. The second kappa shape index (κ2) is 5.81. The molecule has 0 saturated carbocycles. The average molecular weight is 213 g/mol. The summed E-state index contributed by atoms with van der Waals surface area (Å²) in [5.41, 5.74) is 0.835. The van der Waals surface area contributed by atoms with E-state index in [-0.39, 0.29) is 0 Å². The molecule has 1 nitrogen and oxygen atoms in total. The van der Waals surface area contributed by atoms with Crippen LogP contribution in [0.2, 0.25) is 0 Å². The molecule has 15 heavy (non-hydrogen) atoms. The van der Waals surface area contributed by atoms with Crippen molar-refractivity contribution < 1.29 is 8.78 Å². The van der Waals surface area contributed by atoms with E-state index in [9.17, 15) is 8.78 Å². The summed E-state index contributed by atoms with van der Waals surface area (Å²) in [6.45, 7) is 5.00. The van der Waals surface area contributed by atoms with Gasteiger partial charge in [-0.3, -0.25) is 0 Å². The average Bonchev–Trinajstić information content (AvgIpc) is 2.23. The summed E-state index contributed by atoms with van der Waals surface area (Å²) in [7, 11) is 0. The van der Waals surface area contributed by atoms with Gasteiger partial charge in [-0.15, -0.1) is 0 Å². The van der Waals surface area contributed by atoms with E-state index in [2.05, 4.69) is 12.2 Å². The Labute approximate surface area is 89.5 Å². The van der Waals surface area contributed by atoms with E-state index in [0.29, 0.717) is 6.04 Å². The molecule has 1 aromatic carbocycles. The summed E-state index contributed by atoms with van der Waals surface area (Å²) in [6.07, 6.45) is 1.72. The van der Waals surface area contributed by atoms with Crippen molar-refractivity contribution in [2.24, 2.45) is 0 Å². The molecule has 0 aromatic heterocycles. The lowest BCUT2D eigenvalue weighted by Crippen LogP contribution is -2.30. The Balaban J connectivity index is 2.66. The molecule has 0 aliphatic carbocycles. The quantitative estimate of drug-likeness (QED) is 0.793. The van der Waals surface area contributed by atoms with Crippen molar-refractivity contribution in [3.05, 3.63) is 35.4 Å². The van der Waals surface area contributed by atoms with Gasteiger partial charge in [0.25, 0.3) is 0 Å². The molecular formula is C12H17F2N. The molecule has 0 heterocycles. The van der Waals surface area contributed by atoms with Crippen molar-refractivity contribution in [2.45, 2.75) is 32.7 Å². The van der Waals surface area contributed by atoms with E-state index in [1.54, 1.807) is 6.07 Å². The van der Waals surface area contributed by atoms with Crippen LogP contribution in [0.1, 0.15) is 25.8 Å². The van der Waals surface area contributed by atoms with E-state index < -0.39 is 11.6 Å². The molecule has 0 amide bonds. The highest BCUT2D eigenvalue weighted by Crippen LogP contribution is 2.11. The van der Waals surface area contributed by atoms with Crippen LogP contribution in [0, 0.1) is 11.6 Å². The molecule has 0 aliphatic heterocycles. The lowest BCUT2D eigenvalue weighted by atomic mass is 10.0. The molecule has 0 bridgehead atoms. The van der Waals surface area contributed by atoms with Crippen molar-refractivity contribution in [1.29, 1.82) is 0 Å². The van der Waals surface area contributed by atoms with Crippen LogP contribution in [-0.2, 0) is 6.42 Å². The first-order chi connectivity index (χ1) is 7.17. The third kappa shape index (κ3) is 3.59. The summed E-state index contributed by atoms with van der Waals surface area (Å²) in [5.74, 6) is -1.55. The number of nitrogens with one attached hydrogen (secondary N) is 1. The fraction of sp³-hybridized carbons (Fsp3) is 0.500. The topological polar surface area (TPSA) is 12.0 Å². The van der Waals surface area contributed by atoms with Gasteiger partial charge >= 0.3 is 0 Å². The SMILES string of the molecule is CCNC(CC)Cc1ccc(F)c(F)c1. The fourth-order valence-electron chi connectivity index (χ4n) is 1.60. The van der Waals surface area contributed by atoms with Crippen molar-refractivity contribution in [3.63, 3.8) is 0 Å². The van der Waals surface area contributed by atoms with Crippen LogP contribution in [0.3, 0.4) is 0 Å². The van der Waals surface area contributed by atoms with Gasteiger partial charge in [0.05, 0.1) is 0 Å².